The van der Waals surface area contributed by atoms with Crippen molar-refractivity contribution in [2.75, 3.05) is 0 Å². The first-order valence-corrected chi connectivity index (χ1v) is 10.2. The molecule has 0 aliphatic heterocycles. The molecule has 0 radical (unpaired) electrons. The Kier molecular flexibility index (Phi) is 6.04. The molecule has 5 heteroatoms. The third-order valence-electron chi connectivity index (χ3n) is 4.42. The van der Waals surface area contributed by atoms with E-state index in [1.165, 1.54) is 0 Å². The van der Waals surface area contributed by atoms with Gasteiger partial charge in [0.15, 0.2) is 0 Å². The summed E-state index contributed by atoms with van der Waals surface area (Å²) in [6.07, 6.45) is 0. The van der Waals surface area contributed by atoms with Crippen LogP contribution in [0.25, 0.3) is 0 Å². The molecule has 0 heterocycles. The van der Waals surface area contributed by atoms with Crippen molar-refractivity contribution < 1.29 is 13.2 Å². The number of carbonyl (C=O) groups is 1. The second kappa shape index (κ2) is 7.72. The molecule has 0 spiro atoms. The monoisotopic (exact) mass is 373 g/mol. The van der Waals surface area contributed by atoms with Gasteiger partial charge in [-0.25, -0.2) is 13.1 Å². The summed E-state index contributed by atoms with van der Waals surface area (Å²) in [7, 11) is -3.75. The van der Waals surface area contributed by atoms with E-state index in [0.29, 0.717) is 0 Å². The quantitative estimate of drug-likeness (QED) is 0.822. The van der Waals surface area contributed by atoms with Crippen LogP contribution in [0.1, 0.15) is 44.9 Å². The lowest BCUT2D eigenvalue weighted by atomic mass is 9.79. The van der Waals surface area contributed by atoms with Crippen LogP contribution in [0.3, 0.4) is 0 Å². The van der Waals surface area contributed by atoms with Crippen LogP contribution in [-0.4, -0.2) is 14.2 Å². The molecule has 0 aliphatic carbocycles. The van der Waals surface area contributed by atoms with E-state index in [-0.39, 0.29) is 10.7 Å². The second-order valence-corrected chi connectivity index (χ2v) is 9.44. The van der Waals surface area contributed by atoms with Gasteiger partial charge in [0.25, 0.3) is 0 Å². The molecule has 2 atom stereocenters. The summed E-state index contributed by atoms with van der Waals surface area (Å²) >= 11 is 0. The SMILES string of the molecule is Cc1ccc(S(=O)(=O)NC(c2ccccc2)C(C)C(=O)C(C)(C)C)cc1. The number of ketones is 1. The number of sulfonamides is 1. The van der Waals surface area contributed by atoms with E-state index in [0.717, 1.165) is 11.1 Å². The molecule has 2 rings (SSSR count). The Labute approximate surface area is 156 Å². The Balaban J connectivity index is 2.42. The third-order valence-corrected chi connectivity index (χ3v) is 5.88. The zero-order valence-corrected chi connectivity index (χ0v) is 16.8. The number of hydrogen-bond acceptors (Lipinski definition) is 3. The molecular weight excluding hydrogens is 346 g/mol. The number of aryl methyl sites for hydroxylation is 1. The van der Waals surface area contributed by atoms with E-state index < -0.39 is 27.4 Å². The minimum Gasteiger partial charge on any atom is -0.299 e. The van der Waals surface area contributed by atoms with Gasteiger partial charge < -0.3 is 0 Å². The number of rotatable bonds is 6. The molecule has 0 aliphatic rings. The Morgan fingerprint density at radius 2 is 1.50 bits per heavy atom. The van der Waals surface area contributed by atoms with Crippen molar-refractivity contribution in [1.82, 2.24) is 4.72 Å². The van der Waals surface area contributed by atoms with Crippen molar-refractivity contribution in [2.45, 2.75) is 45.6 Å². The van der Waals surface area contributed by atoms with Crippen LogP contribution >= 0.6 is 0 Å². The van der Waals surface area contributed by atoms with E-state index >= 15 is 0 Å². The van der Waals surface area contributed by atoms with E-state index in [2.05, 4.69) is 4.72 Å². The van der Waals surface area contributed by atoms with Crippen molar-refractivity contribution in [3.05, 3.63) is 65.7 Å². The normalized spacial score (nSPS) is 14.7. The van der Waals surface area contributed by atoms with Gasteiger partial charge in [-0.15, -0.1) is 0 Å². The molecule has 2 aromatic carbocycles. The number of hydrogen-bond donors (Lipinski definition) is 1. The summed E-state index contributed by atoms with van der Waals surface area (Å²) in [6.45, 7) is 9.23. The summed E-state index contributed by atoms with van der Waals surface area (Å²) in [6, 6.07) is 15.3. The van der Waals surface area contributed by atoms with Crippen LogP contribution in [0, 0.1) is 18.3 Å². The first kappa shape index (κ1) is 20.3. The first-order valence-electron chi connectivity index (χ1n) is 8.70. The second-order valence-electron chi connectivity index (χ2n) is 7.73. The largest absolute Gasteiger partial charge is 0.299 e. The van der Waals surface area contributed by atoms with Crippen molar-refractivity contribution in [1.29, 1.82) is 0 Å². The molecule has 0 amide bonds. The maximum absolute atomic E-state index is 12.9. The Hall–Kier alpha value is -1.98. The maximum atomic E-state index is 12.9. The van der Waals surface area contributed by atoms with Crippen molar-refractivity contribution in [2.24, 2.45) is 11.3 Å². The summed E-state index contributed by atoms with van der Waals surface area (Å²) in [5, 5.41) is 0. The Morgan fingerprint density at radius 1 is 0.962 bits per heavy atom. The molecule has 4 nitrogen and oxygen atoms in total. The lowest BCUT2D eigenvalue weighted by Crippen LogP contribution is -2.39. The van der Waals surface area contributed by atoms with Gasteiger partial charge in [0.1, 0.15) is 5.78 Å². The molecule has 0 bridgehead atoms. The van der Waals surface area contributed by atoms with E-state index in [1.54, 1.807) is 31.2 Å². The summed E-state index contributed by atoms with van der Waals surface area (Å²) in [5.74, 6) is -0.490. The van der Waals surface area contributed by atoms with Crippen LogP contribution in [0.2, 0.25) is 0 Å². The highest BCUT2D eigenvalue weighted by Gasteiger charge is 2.35. The summed E-state index contributed by atoms with van der Waals surface area (Å²) in [4.78, 5) is 13.0. The number of carbonyl (C=O) groups excluding carboxylic acids is 1. The minimum absolute atomic E-state index is 0.0120. The zero-order valence-electron chi connectivity index (χ0n) is 16.0. The van der Waals surface area contributed by atoms with Crippen LogP contribution < -0.4 is 4.72 Å². The molecule has 26 heavy (non-hydrogen) atoms. The van der Waals surface area contributed by atoms with Crippen LogP contribution in [0.5, 0.6) is 0 Å². The van der Waals surface area contributed by atoms with Gasteiger partial charge in [-0.05, 0) is 24.6 Å². The summed E-state index contributed by atoms with van der Waals surface area (Å²) < 4.78 is 28.5. The van der Waals surface area contributed by atoms with Crippen LogP contribution in [0.15, 0.2) is 59.5 Å². The Morgan fingerprint density at radius 3 is 2.00 bits per heavy atom. The highest BCUT2D eigenvalue weighted by molar-refractivity contribution is 7.89. The highest BCUT2D eigenvalue weighted by Crippen LogP contribution is 2.31. The van der Waals surface area contributed by atoms with Gasteiger partial charge in [0.2, 0.25) is 10.0 Å². The number of Topliss-reactive ketones (excluding diaryl/α,β-unsaturated/α-hetero) is 1. The minimum atomic E-state index is -3.75. The smallest absolute Gasteiger partial charge is 0.241 e. The topological polar surface area (TPSA) is 63.2 Å². The molecule has 0 saturated carbocycles. The average molecular weight is 374 g/mol. The molecule has 2 unspecified atom stereocenters. The molecular formula is C21H27NO3S. The fourth-order valence-electron chi connectivity index (χ4n) is 2.91. The maximum Gasteiger partial charge on any atom is 0.241 e. The van der Waals surface area contributed by atoms with Crippen molar-refractivity contribution in [3.8, 4) is 0 Å². The number of nitrogens with one attached hydrogen (secondary N) is 1. The van der Waals surface area contributed by atoms with E-state index in [1.807, 2.05) is 58.0 Å². The van der Waals surface area contributed by atoms with Gasteiger partial charge in [0.05, 0.1) is 10.9 Å². The van der Waals surface area contributed by atoms with Crippen LogP contribution in [-0.2, 0) is 14.8 Å². The molecule has 2 aromatic rings. The predicted molar refractivity (Wildman–Crippen MR) is 104 cm³/mol. The van der Waals surface area contributed by atoms with Gasteiger partial charge in [-0.1, -0.05) is 75.7 Å². The van der Waals surface area contributed by atoms with Gasteiger partial charge in [0, 0.05) is 11.3 Å². The number of benzene rings is 2. The highest BCUT2D eigenvalue weighted by atomic mass is 32.2. The lowest BCUT2D eigenvalue weighted by Gasteiger charge is -2.29. The van der Waals surface area contributed by atoms with Crippen molar-refractivity contribution in [3.63, 3.8) is 0 Å². The fourth-order valence-corrected chi connectivity index (χ4v) is 4.21. The predicted octanol–water partition coefficient (Wildman–Crippen LogP) is 4.27. The van der Waals surface area contributed by atoms with Gasteiger partial charge in [-0.3, -0.25) is 4.79 Å². The molecule has 140 valence electrons. The van der Waals surface area contributed by atoms with Gasteiger partial charge >= 0.3 is 0 Å². The third kappa shape index (κ3) is 4.80. The van der Waals surface area contributed by atoms with Crippen molar-refractivity contribution >= 4 is 15.8 Å². The van der Waals surface area contributed by atoms with E-state index in [4.69, 9.17) is 0 Å². The molecule has 0 fully saturated rings. The molecule has 0 aromatic heterocycles. The van der Waals surface area contributed by atoms with Gasteiger partial charge in [-0.2, -0.15) is 0 Å². The Bertz CT molecular complexity index is 850. The average Bonchev–Trinajstić information content (AvgIpc) is 2.59. The van der Waals surface area contributed by atoms with Crippen LogP contribution in [0.4, 0.5) is 0 Å². The fraction of sp³-hybridized carbons (Fsp3) is 0.381. The standard InChI is InChI=1S/C21H27NO3S/c1-15-11-13-18(14-12-15)26(24,25)22-19(17-9-7-6-8-10-17)16(2)20(23)21(3,4)5/h6-14,16,19,22H,1-5H3. The summed E-state index contributed by atoms with van der Waals surface area (Å²) in [5.41, 5.74) is 1.20. The van der Waals surface area contributed by atoms with E-state index in [9.17, 15) is 13.2 Å². The first-order chi connectivity index (χ1) is 12.0. The molecule has 0 saturated heterocycles. The molecule has 1 N–H and O–H groups in total. The zero-order chi connectivity index (χ0) is 19.5. The lowest BCUT2D eigenvalue weighted by molar-refractivity contribution is -0.130.